The Hall–Kier alpha value is -1.35. The molecule has 3 nitrogen and oxygen atoms in total. The Morgan fingerprint density at radius 1 is 1.44 bits per heavy atom. The zero-order valence-electron chi connectivity index (χ0n) is 9.69. The predicted molar refractivity (Wildman–Crippen MR) is 62.0 cm³/mol. The summed E-state index contributed by atoms with van der Waals surface area (Å²) in [7, 11) is 1.45. The van der Waals surface area contributed by atoms with Crippen molar-refractivity contribution in [1.82, 2.24) is 5.32 Å². The van der Waals surface area contributed by atoms with Crippen molar-refractivity contribution in [3.05, 3.63) is 35.4 Å². The first-order valence-corrected chi connectivity index (χ1v) is 5.61. The van der Waals surface area contributed by atoms with Crippen LogP contribution in [0.3, 0.4) is 0 Å². The monoisotopic (exact) mass is 219 g/mol. The maximum absolute atomic E-state index is 11.6. The summed E-state index contributed by atoms with van der Waals surface area (Å²) in [6, 6.07) is 8.28. The number of methoxy groups -OCH3 is 1. The van der Waals surface area contributed by atoms with Crippen molar-refractivity contribution < 1.29 is 9.53 Å². The molecule has 2 rings (SSSR count). The van der Waals surface area contributed by atoms with E-state index in [1.165, 1.54) is 18.2 Å². The second-order valence-corrected chi connectivity index (χ2v) is 4.21. The third kappa shape index (κ3) is 1.95. The Morgan fingerprint density at radius 3 is 2.88 bits per heavy atom. The van der Waals surface area contributed by atoms with Crippen molar-refractivity contribution in [3.63, 3.8) is 0 Å². The Kier molecular flexibility index (Phi) is 3.25. The van der Waals surface area contributed by atoms with Crippen molar-refractivity contribution in [3.8, 4) is 0 Å². The summed E-state index contributed by atoms with van der Waals surface area (Å²) in [4.78, 5) is 11.6. The van der Waals surface area contributed by atoms with Crippen molar-refractivity contribution in [2.24, 2.45) is 5.92 Å². The number of esters is 1. The second kappa shape index (κ2) is 4.66. The number of rotatable bonds is 2. The first-order valence-electron chi connectivity index (χ1n) is 5.61. The van der Waals surface area contributed by atoms with Gasteiger partial charge in [-0.15, -0.1) is 0 Å². The molecule has 16 heavy (non-hydrogen) atoms. The molecule has 1 saturated heterocycles. The quantitative estimate of drug-likeness (QED) is 0.771. The summed E-state index contributed by atoms with van der Waals surface area (Å²) < 4.78 is 4.85. The largest absolute Gasteiger partial charge is 0.469 e. The lowest BCUT2D eigenvalue weighted by Crippen LogP contribution is -2.25. The van der Waals surface area contributed by atoms with Crippen molar-refractivity contribution in [1.29, 1.82) is 0 Å². The number of nitrogens with one attached hydrogen (secondary N) is 1. The van der Waals surface area contributed by atoms with Gasteiger partial charge in [0.15, 0.2) is 0 Å². The standard InChI is InChI=1S/C13H17NO2/c1-9-5-3-4-6-10(9)12-11(7-8-14-12)13(15)16-2/h3-6,11-12,14H,7-8H2,1-2H3/t11-,12-/m1/s1. The summed E-state index contributed by atoms with van der Waals surface area (Å²) >= 11 is 0. The lowest BCUT2D eigenvalue weighted by atomic mass is 9.91. The molecule has 0 saturated carbocycles. The highest BCUT2D eigenvalue weighted by atomic mass is 16.5. The van der Waals surface area contributed by atoms with E-state index in [1.54, 1.807) is 0 Å². The lowest BCUT2D eigenvalue weighted by molar-refractivity contribution is -0.145. The average molecular weight is 219 g/mol. The van der Waals surface area contributed by atoms with Gasteiger partial charge in [-0.3, -0.25) is 4.79 Å². The van der Waals surface area contributed by atoms with Gasteiger partial charge < -0.3 is 10.1 Å². The lowest BCUT2D eigenvalue weighted by Gasteiger charge is -2.19. The van der Waals surface area contributed by atoms with Crippen molar-refractivity contribution >= 4 is 5.97 Å². The molecule has 0 bridgehead atoms. The molecule has 1 N–H and O–H groups in total. The number of ether oxygens (including phenoxy) is 1. The van der Waals surface area contributed by atoms with Gasteiger partial charge in [-0.25, -0.2) is 0 Å². The van der Waals surface area contributed by atoms with E-state index in [-0.39, 0.29) is 17.9 Å². The molecular weight excluding hydrogens is 202 g/mol. The second-order valence-electron chi connectivity index (χ2n) is 4.21. The van der Waals surface area contributed by atoms with E-state index in [1.807, 2.05) is 12.1 Å². The zero-order chi connectivity index (χ0) is 11.5. The highest BCUT2D eigenvalue weighted by Gasteiger charge is 2.34. The molecule has 1 aliphatic rings. The number of carbonyl (C=O) groups is 1. The minimum atomic E-state index is -0.113. The fraction of sp³-hybridized carbons (Fsp3) is 0.462. The topological polar surface area (TPSA) is 38.3 Å². The van der Waals surface area contributed by atoms with Crippen LogP contribution in [-0.2, 0) is 9.53 Å². The molecule has 1 heterocycles. The first-order chi connectivity index (χ1) is 7.74. The van der Waals surface area contributed by atoms with Gasteiger partial charge in [-0.2, -0.15) is 0 Å². The molecule has 3 heteroatoms. The van der Waals surface area contributed by atoms with Crippen LogP contribution in [0.25, 0.3) is 0 Å². The van der Waals surface area contributed by atoms with Crippen LogP contribution in [-0.4, -0.2) is 19.6 Å². The minimum Gasteiger partial charge on any atom is -0.469 e. The number of benzene rings is 1. The molecule has 0 radical (unpaired) electrons. The van der Waals surface area contributed by atoms with Gasteiger partial charge in [0.05, 0.1) is 13.0 Å². The Bertz CT molecular complexity index is 389. The van der Waals surface area contributed by atoms with E-state index in [0.717, 1.165) is 13.0 Å². The molecule has 0 amide bonds. The van der Waals surface area contributed by atoms with E-state index in [2.05, 4.69) is 24.4 Å². The van der Waals surface area contributed by atoms with Gasteiger partial charge in [0.1, 0.15) is 0 Å². The van der Waals surface area contributed by atoms with E-state index in [4.69, 9.17) is 4.74 Å². The fourth-order valence-electron chi connectivity index (χ4n) is 2.37. The van der Waals surface area contributed by atoms with Gasteiger partial charge >= 0.3 is 5.97 Å². The van der Waals surface area contributed by atoms with Gasteiger partial charge in [-0.05, 0) is 31.0 Å². The Labute approximate surface area is 95.8 Å². The van der Waals surface area contributed by atoms with Gasteiger partial charge in [0.2, 0.25) is 0 Å². The van der Waals surface area contributed by atoms with Gasteiger partial charge in [-0.1, -0.05) is 24.3 Å². The number of hydrogen-bond acceptors (Lipinski definition) is 3. The summed E-state index contributed by atoms with van der Waals surface area (Å²) in [6.07, 6.45) is 0.853. The van der Waals surface area contributed by atoms with Crippen LogP contribution in [0.5, 0.6) is 0 Å². The normalized spacial score (nSPS) is 24.4. The van der Waals surface area contributed by atoms with Crippen LogP contribution in [0.15, 0.2) is 24.3 Å². The van der Waals surface area contributed by atoms with Crippen LogP contribution in [0.1, 0.15) is 23.6 Å². The predicted octanol–water partition coefficient (Wildman–Crippen LogP) is 1.82. The van der Waals surface area contributed by atoms with E-state index in [9.17, 15) is 4.79 Å². The molecule has 1 aromatic carbocycles. The Morgan fingerprint density at radius 2 is 2.19 bits per heavy atom. The maximum Gasteiger partial charge on any atom is 0.310 e. The number of hydrogen-bond donors (Lipinski definition) is 1. The van der Waals surface area contributed by atoms with Gasteiger partial charge in [0, 0.05) is 6.04 Å². The molecule has 1 aromatic rings. The minimum absolute atomic E-state index is 0.0499. The van der Waals surface area contributed by atoms with Crippen molar-refractivity contribution in [2.75, 3.05) is 13.7 Å². The fourth-order valence-corrected chi connectivity index (χ4v) is 2.37. The highest BCUT2D eigenvalue weighted by Crippen LogP contribution is 2.31. The van der Waals surface area contributed by atoms with E-state index < -0.39 is 0 Å². The van der Waals surface area contributed by atoms with Crippen molar-refractivity contribution in [2.45, 2.75) is 19.4 Å². The summed E-state index contributed by atoms with van der Waals surface area (Å²) in [5.74, 6) is -0.163. The van der Waals surface area contributed by atoms with E-state index in [0.29, 0.717) is 0 Å². The average Bonchev–Trinajstić information content (AvgIpc) is 2.77. The summed E-state index contributed by atoms with van der Waals surface area (Å²) in [5, 5.41) is 3.38. The zero-order valence-corrected chi connectivity index (χ0v) is 9.69. The molecular formula is C13H17NO2. The third-order valence-electron chi connectivity index (χ3n) is 3.25. The molecule has 0 spiro atoms. The van der Waals surface area contributed by atoms with Gasteiger partial charge in [0.25, 0.3) is 0 Å². The molecule has 1 aliphatic heterocycles. The Balaban J connectivity index is 2.27. The number of aryl methyl sites for hydroxylation is 1. The highest BCUT2D eigenvalue weighted by molar-refractivity contribution is 5.74. The maximum atomic E-state index is 11.6. The number of carbonyl (C=O) groups excluding carboxylic acids is 1. The summed E-state index contributed by atoms with van der Waals surface area (Å²) in [6.45, 7) is 2.95. The third-order valence-corrected chi connectivity index (χ3v) is 3.25. The molecule has 2 atom stereocenters. The van der Waals surface area contributed by atoms with E-state index >= 15 is 0 Å². The van der Waals surface area contributed by atoms with Crippen LogP contribution in [0.4, 0.5) is 0 Å². The van der Waals surface area contributed by atoms with Crippen LogP contribution in [0, 0.1) is 12.8 Å². The first kappa shape index (κ1) is 11.1. The smallest absolute Gasteiger partial charge is 0.310 e. The molecule has 1 fully saturated rings. The van der Waals surface area contributed by atoms with Crippen LogP contribution in [0.2, 0.25) is 0 Å². The van der Waals surface area contributed by atoms with Crippen LogP contribution < -0.4 is 5.32 Å². The van der Waals surface area contributed by atoms with Crippen LogP contribution >= 0.6 is 0 Å². The molecule has 0 aromatic heterocycles. The molecule has 0 unspecified atom stereocenters. The molecule has 0 aliphatic carbocycles. The molecule has 86 valence electrons. The summed E-state index contributed by atoms with van der Waals surface area (Å²) in [5.41, 5.74) is 2.42. The SMILES string of the molecule is COC(=O)[C@@H]1CCN[C@@H]1c1ccccc1C.